The van der Waals surface area contributed by atoms with Gasteiger partial charge >= 0.3 is 6.01 Å². The number of ether oxygens (including phenoxy) is 6. The Kier molecular flexibility index (Phi) is 6.51. The van der Waals surface area contributed by atoms with Crippen molar-refractivity contribution in [3.05, 3.63) is 0 Å². The molecule has 222 valence electrons. The van der Waals surface area contributed by atoms with Crippen LogP contribution >= 0.6 is 0 Å². The van der Waals surface area contributed by atoms with Crippen LogP contribution in [0.1, 0.15) is 80.1 Å². The van der Waals surface area contributed by atoms with Crippen LogP contribution in [0.25, 0.3) is 0 Å². The molecule has 0 spiro atoms. The Morgan fingerprint density at radius 1 is 0.800 bits per heavy atom. The van der Waals surface area contributed by atoms with Crippen LogP contribution < -0.4 is 15.4 Å². The summed E-state index contributed by atoms with van der Waals surface area (Å²) in [4.78, 5) is 13.9. The van der Waals surface area contributed by atoms with Gasteiger partial charge in [0.15, 0.2) is 17.9 Å². The molecule has 4 heterocycles. The van der Waals surface area contributed by atoms with Gasteiger partial charge in [-0.3, -0.25) is 0 Å². The summed E-state index contributed by atoms with van der Waals surface area (Å²) in [6.07, 6.45) is 6.14. The highest BCUT2D eigenvalue weighted by Gasteiger charge is 2.61. The molecule has 40 heavy (non-hydrogen) atoms. The normalized spacial score (nSPS) is 42.1. The molecule has 5 atom stereocenters. The Morgan fingerprint density at radius 3 is 2.08 bits per heavy atom. The topological polar surface area (TPSA) is 118 Å². The average molecular weight is 560 g/mol. The van der Waals surface area contributed by atoms with Gasteiger partial charge in [-0.2, -0.15) is 15.0 Å². The first-order valence-corrected chi connectivity index (χ1v) is 15.2. The van der Waals surface area contributed by atoms with Gasteiger partial charge in [-0.25, -0.2) is 0 Å². The van der Waals surface area contributed by atoms with Gasteiger partial charge in [0.05, 0.1) is 0 Å². The minimum absolute atomic E-state index is 0.166. The van der Waals surface area contributed by atoms with Gasteiger partial charge in [-0.05, 0) is 103 Å². The SMILES string of the molecule is CC(C)Nc1nc(NCC23CC4CC(CC(C4)C2)C3)nc(OC[C@H]2O[C@@H]3OC(C)(C)O[C@@H]3[C@H]3OC(C)(C)O[C@H]32)n1. The summed E-state index contributed by atoms with van der Waals surface area (Å²) in [6, 6.07) is 0.412. The largest absolute Gasteiger partial charge is 0.460 e. The molecule has 4 saturated carbocycles. The number of aromatic nitrogens is 3. The molecule has 0 amide bonds. The third-order valence-corrected chi connectivity index (χ3v) is 9.45. The molecule has 8 rings (SSSR count). The van der Waals surface area contributed by atoms with Crippen LogP contribution in [0, 0.1) is 23.2 Å². The summed E-state index contributed by atoms with van der Waals surface area (Å²) in [5.41, 5.74) is 0.360. The first-order chi connectivity index (χ1) is 18.9. The van der Waals surface area contributed by atoms with Crippen molar-refractivity contribution in [2.24, 2.45) is 23.2 Å². The standard InChI is InChI=1S/C29H45N5O6/c1-15(2)31-25-32-24(30-14-29-10-16-7-17(11-29)9-18(8-16)12-29)33-26(34-25)35-13-19-20-21(38-27(3,4)37-20)22-23(36-19)40-28(5,6)39-22/h15-23H,7-14H2,1-6H3,(H2,30,31,32,33,34)/t16?,17?,18?,19-,20+,21+,22-,23-,29?/m1/s1. The van der Waals surface area contributed by atoms with E-state index in [0.29, 0.717) is 17.3 Å². The maximum absolute atomic E-state index is 6.31. The maximum Gasteiger partial charge on any atom is 0.323 e. The minimum Gasteiger partial charge on any atom is -0.460 e. The molecule has 2 N–H and O–H groups in total. The number of anilines is 2. The Bertz CT molecular complexity index is 1080. The van der Waals surface area contributed by atoms with E-state index < -0.39 is 24.0 Å². The molecule has 0 unspecified atom stereocenters. The van der Waals surface area contributed by atoms with Crippen LogP contribution in [-0.2, 0) is 23.7 Å². The minimum atomic E-state index is -0.769. The molecule has 7 fully saturated rings. The van der Waals surface area contributed by atoms with Gasteiger partial charge < -0.3 is 39.1 Å². The molecule has 1 aromatic rings. The fraction of sp³-hybridized carbons (Fsp3) is 0.897. The summed E-state index contributed by atoms with van der Waals surface area (Å²) in [7, 11) is 0. The monoisotopic (exact) mass is 559 g/mol. The van der Waals surface area contributed by atoms with Crippen molar-refractivity contribution in [1.82, 2.24) is 15.0 Å². The molecule has 0 radical (unpaired) electrons. The van der Waals surface area contributed by atoms with Crippen LogP contribution in [0.4, 0.5) is 11.9 Å². The zero-order valence-corrected chi connectivity index (χ0v) is 24.6. The van der Waals surface area contributed by atoms with E-state index in [0.717, 1.165) is 24.3 Å². The molecular weight excluding hydrogens is 514 g/mol. The lowest BCUT2D eigenvalue weighted by atomic mass is 9.49. The average Bonchev–Trinajstić information content (AvgIpc) is 3.34. The van der Waals surface area contributed by atoms with Gasteiger partial charge in [-0.1, -0.05) is 0 Å². The van der Waals surface area contributed by atoms with Crippen molar-refractivity contribution in [3.63, 3.8) is 0 Å². The van der Waals surface area contributed by atoms with E-state index in [4.69, 9.17) is 28.4 Å². The Labute approximate surface area is 236 Å². The second-order valence-corrected chi connectivity index (χ2v) is 14.4. The zero-order valence-electron chi connectivity index (χ0n) is 24.6. The van der Waals surface area contributed by atoms with Gasteiger partial charge in [0.25, 0.3) is 0 Å². The van der Waals surface area contributed by atoms with Gasteiger partial charge in [0.1, 0.15) is 31.0 Å². The Balaban J connectivity index is 1.06. The molecule has 4 aliphatic carbocycles. The number of nitrogens with one attached hydrogen (secondary N) is 2. The number of hydrogen-bond acceptors (Lipinski definition) is 11. The second-order valence-electron chi connectivity index (χ2n) is 14.4. The first-order valence-electron chi connectivity index (χ1n) is 15.2. The third-order valence-electron chi connectivity index (χ3n) is 9.45. The number of fused-ring (bicyclic) bond motifs is 3. The van der Waals surface area contributed by atoms with Gasteiger partial charge in [0, 0.05) is 12.6 Å². The van der Waals surface area contributed by atoms with Gasteiger partial charge in [0.2, 0.25) is 11.9 Å². The smallest absolute Gasteiger partial charge is 0.323 e. The molecule has 0 aromatic carbocycles. The quantitative estimate of drug-likeness (QED) is 0.479. The van der Waals surface area contributed by atoms with Crippen molar-refractivity contribution in [1.29, 1.82) is 0 Å². The summed E-state index contributed by atoms with van der Waals surface area (Å²) in [5, 5.41) is 6.90. The van der Waals surface area contributed by atoms with Crippen LogP contribution in [0.15, 0.2) is 0 Å². The van der Waals surface area contributed by atoms with E-state index >= 15 is 0 Å². The van der Waals surface area contributed by atoms with E-state index in [9.17, 15) is 0 Å². The predicted molar refractivity (Wildman–Crippen MR) is 146 cm³/mol. The Morgan fingerprint density at radius 2 is 1.40 bits per heavy atom. The van der Waals surface area contributed by atoms with Crippen molar-refractivity contribution >= 4 is 11.9 Å². The molecule has 11 heteroatoms. The fourth-order valence-electron chi connectivity index (χ4n) is 8.58. The molecule has 7 aliphatic rings. The fourth-order valence-corrected chi connectivity index (χ4v) is 8.58. The van der Waals surface area contributed by atoms with Gasteiger partial charge in [-0.15, -0.1) is 0 Å². The van der Waals surface area contributed by atoms with Crippen LogP contribution in [-0.4, -0.2) is 76.4 Å². The highest BCUT2D eigenvalue weighted by atomic mass is 16.9. The second kappa shape index (κ2) is 9.62. The summed E-state index contributed by atoms with van der Waals surface area (Å²) < 4.78 is 37.1. The number of rotatable bonds is 8. The van der Waals surface area contributed by atoms with E-state index in [1.165, 1.54) is 38.5 Å². The molecular formula is C29H45N5O6. The number of hydrogen-bond donors (Lipinski definition) is 2. The summed E-state index contributed by atoms with van der Waals surface area (Å²) >= 11 is 0. The van der Waals surface area contributed by atoms with Crippen LogP contribution in [0.5, 0.6) is 6.01 Å². The van der Waals surface area contributed by atoms with Crippen LogP contribution in [0.2, 0.25) is 0 Å². The molecule has 11 nitrogen and oxygen atoms in total. The van der Waals surface area contributed by atoms with Crippen LogP contribution in [0.3, 0.4) is 0 Å². The van der Waals surface area contributed by atoms with Crippen molar-refractivity contribution < 1.29 is 28.4 Å². The molecule has 3 saturated heterocycles. The van der Waals surface area contributed by atoms with Crippen molar-refractivity contribution in [2.45, 2.75) is 128 Å². The number of nitrogens with zero attached hydrogens (tertiary/aromatic N) is 3. The highest BCUT2D eigenvalue weighted by molar-refractivity contribution is 5.37. The van der Waals surface area contributed by atoms with E-state index in [2.05, 4.69) is 39.4 Å². The molecule has 4 bridgehead atoms. The Hall–Kier alpha value is -1.79. The molecule has 1 aromatic heterocycles. The molecule has 3 aliphatic heterocycles. The van der Waals surface area contributed by atoms with Crippen molar-refractivity contribution in [2.75, 3.05) is 23.8 Å². The summed E-state index contributed by atoms with van der Waals surface area (Å²) in [6.45, 7) is 12.7. The zero-order chi connectivity index (χ0) is 27.9. The van der Waals surface area contributed by atoms with Crippen molar-refractivity contribution in [3.8, 4) is 6.01 Å². The lowest BCUT2D eigenvalue weighted by molar-refractivity contribution is -0.238. The summed E-state index contributed by atoms with van der Waals surface area (Å²) in [5.74, 6) is 2.19. The maximum atomic E-state index is 6.31. The first kappa shape index (κ1) is 27.1. The third kappa shape index (κ3) is 5.28. The predicted octanol–water partition coefficient (Wildman–Crippen LogP) is 4.10. The van der Waals surface area contributed by atoms with E-state index in [-0.39, 0.29) is 37.0 Å². The van der Waals surface area contributed by atoms with E-state index in [1.54, 1.807) is 0 Å². The van der Waals surface area contributed by atoms with E-state index in [1.807, 2.05) is 27.7 Å². The lowest BCUT2D eigenvalue weighted by Crippen LogP contribution is -2.56. The lowest BCUT2D eigenvalue weighted by Gasteiger charge is -2.56. The highest BCUT2D eigenvalue weighted by Crippen LogP contribution is 2.60.